The maximum atomic E-state index is 12.1. The molecule has 189 valence electrons. The summed E-state index contributed by atoms with van der Waals surface area (Å²) >= 11 is 0.408. The number of rotatable bonds is 6. The standard InChI is InChI=1S/C23H25N2.C7H7F.C2H4O.Hg/c1-4-12-21-18(3)25(17-24-22(21)5-2)23(19-13-8-6-9-14-19)20-15-10-7-11-16-20;1-6-2-4-7(8)5-3-6;1-2-3;/h6-11,13-16,23H,3-5,12H2,1-2H3;2-5H,1H3;2H,1H3;. The molecule has 3 aromatic carbocycles. The van der Waals surface area contributed by atoms with Crippen LogP contribution in [0.25, 0.3) is 0 Å². The molecule has 1 aliphatic rings. The van der Waals surface area contributed by atoms with Crippen molar-refractivity contribution in [1.82, 2.24) is 4.90 Å². The number of aryl methyl sites for hydroxylation is 1. The molecule has 5 heteroatoms. The van der Waals surface area contributed by atoms with E-state index in [-0.39, 0.29) is 11.9 Å². The zero-order valence-electron chi connectivity index (χ0n) is 22.5. The van der Waals surface area contributed by atoms with Crippen LogP contribution in [0.3, 0.4) is 0 Å². The van der Waals surface area contributed by atoms with Crippen molar-refractivity contribution in [3.63, 3.8) is 0 Å². The third-order valence-corrected chi connectivity index (χ3v) is 7.80. The normalized spacial score (nSPS) is 12.8. The number of halogens is 1. The minimum Gasteiger partial charge on any atom is -0.304 e. The number of aldehydes is 1. The molecule has 0 aliphatic carbocycles. The molecule has 37 heavy (non-hydrogen) atoms. The fraction of sp³-hybridized carbons (Fsp3) is 0.250. The van der Waals surface area contributed by atoms with Crippen LogP contribution in [-0.2, 0) is 30.9 Å². The van der Waals surface area contributed by atoms with Gasteiger partial charge in [0.1, 0.15) is 12.1 Å². The maximum absolute atomic E-state index is 12.1. The summed E-state index contributed by atoms with van der Waals surface area (Å²) in [6, 6.07) is 28.0. The van der Waals surface area contributed by atoms with E-state index in [0.29, 0.717) is 26.1 Å². The number of hydrogen-bond donors (Lipinski definition) is 0. The van der Waals surface area contributed by atoms with Crippen LogP contribution >= 0.6 is 0 Å². The van der Waals surface area contributed by atoms with E-state index in [1.807, 2.05) is 6.92 Å². The first-order valence-electron chi connectivity index (χ1n) is 12.7. The summed E-state index contributed by atoms with van der Waals surface area (Å²) in [5, 5.41) is 0. The van der Waals surface area contributed by atoms with Gasteiger partial charge in [0.2, 0.25) is 0 Å². The zero-order chi connectivity index (χ0) is 27.2. The van der Waals surface area contributed by atoms with Crippen LogP contribution in [0.2, 0.25) is 0 Å². The zero-order valence-corrected chi connectivity index (χ0v) is 28.0. The van der Waals surface area contributed by atoms with Gasteiger partial charge in [-0.1, -0.05) is 17.7 Å². The summed E-state index contributed by atoms with van der Waals surface area (Å²) in [6.07, 6.45) is 3.88. The van der Waals surface area contributed by atoms with E-state index in [2.05, 4.69) is 86.0 Å². The average molecular weight is 684 g/mol. The molecule has 1 aliphatic heterocycles. The molecule has 1 heterocycles. The van der Waals surface area contributed by atoms with Crippen molar-refractivity contribution in [1.29, 1.82) is 0 Å². The van der Waals surface area contributed by atoms with Gasteiger partial charge in [-0.25, -0.2) is 4.39 Å². The van der Waals surface area contributed by atoms with Gasteiger partial charge in [0.05, 0.1) is 0 Å². The van der Waals surface area contributed by atoms with Gasteiger partial charge >= 0.3 is 174 Å². The number of carbonyl (C=O) groups excluding carboxylic acids is 1. The van der Waals surface area contributed by atoms with Crippen LogP contribution in [0.1, 0.15) is 62.8 Å². The predicted molar refractivity (Wildman–Crippen MR) is 148 cm³/mol. The van der Waals surface area contributed by atoms with Crippen LogP contribution in [-0.4, -0.2) is 14.5 Å². The van der Waals surface area contributed by atoms with E-state index in [9.17, 15) is 4.39 Å². The summed E-state index contributed by atoms with van der Waals surface area (Å²) in [5.41, 5.74) is 7.37. The molecule has 0 atom stereocenters. The predicted octanol–water partition coefficient (Wildman–Crippen LogP) is 8.31. The number of carbonyl (C=O) groups is 1. The van der Waals surface area contributed by atoms with Crippen molar-refractivity contribution in [3.05, 3.63) is 131 Å². The second kappa shape index (κ2) is 16.1. The van der Waals surface area contributed by atoms with Gasteiger partial charge in [-0.15, -0.1) is 0 Å². The van der Waals surface area contributed by atoms with Gasteiger partial charge in [0.15, 0.2) is 0 Å². The molecule has 4 rings (SSSR count). The topological polar surface area (TPSA) is 32.7 Å². The first-order valence-corrected chi connectivity index (χ1v) is 15.5. The summed E-state index contributed by atoms with van der Waals surface area (Å²) in [7, 11) is 0. The SMILES string of the molecule is C=C1C(CCC)=C(CC)N=[C]([Hg])N1C(c1ccccc1)c1ccccc1.CC=O.Cc1ccc(F)cc1. The van der Waals surface area contributed by atoms with Gasteiger partial charge in [-0.2, -0.15) is 0 Å². The number of amidine groups is 1. The van der Waals surface area contributed by atoms with Crippen molar-refractivity contribution in [3.8, 4) is 0 Å². The molecule has 0 saturated heterocycles. The van der Waals surface area contributed by atoms with E-state index in [0.717, 1.165) is 36.8 Å². The third-order valence-electron chi connectivity index (χ3n) is 5.86. The Kier molecular flexibility index (Phi) is 13.2. The van der Waals surface area contributed by atoms with Crippen molar-refractivity contribution >= 4 is 9.63 Å². The second-order valence-electron chi connectivity index (χ2n) is 8.63. The monoisotopic (exact) mass is 685 g/mol. The van der Waals surface area contributed by atoms with Crippen molar-refractivity contribution < 1.29 is 35.3 Å². The Balaban J connectivity index is 0.000000365. The molecule has 3 nitrogen and oxygen atoms in total. The summed E-state index contributed by atoms with van der Waals surface area (Å²) in [4.78, 5) is 16.3. The van der Waals surface area contributed by atoms with Gasteiger partial charge in [-0.05, 0) is 26.0 Å². The molecule has 0 spiro atoms. The number of allylic oxidation sites excluding steroid dienone is 2. The first-order chi connectivity index (χ1) is 17.9. The molecule has 0 unspecified atom stereocenters. The number of nitrogens with zero attached hydrogens (tertiary/aromatic N) is 2. The summed E-state index contributed by atoms with van der Waals surface area (Å²) in [6.45, 7) is 12.3. The van der Waals surface area contributed by atoms with Crippen LogP contribution in [0.4, 0.5) is 4.39 Å². The quantitative estimate of drug-likeness (QED) is 0.193. The van der Waals surface area contributed by atoms with Gasteiger partial charge in [0, 0.05) is 0 Å². The molecule has 0 radical (unpaired) electrons. The van der Waals surface area contributed by atoms with E-state index in [1.165, 1.54) is 44.8 Å². The van der Waals surface area contributed by atoms with Gasteiger partial charge < -0.3 is 4.79 Å². The molecule has 0 N–H and O–H groups in total. The molecule has 0 bridgehead atoms. The Hall–Kier alpha value is -2.85. The fourth-order valence-electron chi connectivity index (χ4n) is 4.18. The largest absolute Gasteiger partial charge is 0.304 e. The van der Waals surface area contributed by atoms with Gasteiger partial charge in [-0.3, -0.25) is 0 Å². The molecule has 3 aromatic rings. The van der Waals surface area contributed by atoms with Gasteiger partial charge in [0.25, 0.3) is 0 Å². The number of hydrogen-bond acceptors (Lipinski definition) is 3. The minimum absolute atomic E-state index is 0.131. The molecule has 0 saturated carbocycles. The third kappa shape index (κ3) is 8.89. The summed E-state index contributed by atoms with van der Waals surface area (Å²) < 4.78 is 13.3. The number of benzene rings is 3. The van der Waals surface area contributed by atoms with Crippen LogP contribution in [0.5, 0.6) is 0 Å². The van der Waals surface area contributed by atoms with Crippen molar-refractivity contribution in [2.24, 2.45) is 4.99 Å². The Morgan fingerprint density at radius 1 is 0.946 bits per heavy atom. The van der Waals surface area contributed by atoms with E-state index in [4.69, 9.17) is 9.79 Å². The van der Waals surface area contributed by atoms with Crippen LogP contribution < -0.4 is 0 Å². The van der Waals surface area contributed by atoms with Crippen molar-refractivity contribution in [2.45, 2.75) is 53.0 Å². The Morgan fingerprint density at radius 2 is 1.43 bits per heavy atom. The average Bonchev–Trinajstić information content (AvgIpc) is 2.91. The Labute approximate surface area is 237 Å². The van der Waals surface area contributed by atoms with E-state index < -0.39 is 0 Å². The maximum Gasteiger partial charge on any atom is 0.123 e. The second-order valence-corrected chi connectivity index (χ2v) is 11.1. The first kappa shape index (κ1) is 30.4. The Morgan fingerprint density at radius 3 is 1.84 bits per heavy atom. The fourth-order valence-corrected chi connectivity index (χ4v) is 6.37. The van der Waals surface area contributed by atoms with Crippen LogP contribution in [0, 0.1) is 12.7 Å². The molecule has 0 fully saturated rings. The van der Waals surface area contributed by atoms with E-state index >= 15 is 0 Å². The van der Waals surface area contributed by atoms with E-state index in [1.54, 1.807) is 12.1 Å². The van der Waals surface area contributed by atoms with Crippen LogP contribution in [0.15, 0.2) is 113 Å². The minimum atomic E-state index is -0.171. The molecule has 0 amide bonds. The molecule has 0 aromatic heterocycles. The van der Waals surface area contributed by atoms with Crippen molar-refractivity contribution in [2.75, 3.05) is 0 Å². The Bertz CT molecular complexity index is 1130. The molecular weight excluding hydrogens is 648 g/mol. The summed E-state index contributed by atoms with van der Waals surface area (Å²) in [5.74, 6) is -0.171. The molecular formula is C32H36FHgN2O. The smallest absolute Gasteiger partial charge is 0.123 e. The number of aliphatic imine (C=N–C) groups is 1.